The van der Waals surface area contributed by atoms with E-state index in [4.69, 9.17) is 0 Å². The molecule has 9 aromatic rings. The molecule has 0 atom stereocenters. The highest BCUT2D eigenvalue weighted by Gasteiger charge is 2.36. The number of anilines is 5. The minimum Gasteiger partial charge on any atom is -0.341 e. The fourth-order valence-corrected chi connectivity index (χ4v) is 10.5. The summed E-state index contributed by atoms with van der Waals surface area (Å²) in [6.07, 6.45) is 11.5. The van der Waals surface area contributed by atoms with Gasteiger partial charge in [0.25, 0.3) is 0 Å². The summed E-state index contributed by atoms with van der Waals surface area (Å²) >= 11 is 0. The van der Waals surface area contributed by atoms with Gasteiger partial charge in [-0.3, -0.25) is 0 Å². The Morgan fingerprint density at radius 3 is 1.80 bits per heavy atom. The number of para-hydroxylation sites is 3. The second-order valence-electron chi connectivity index (χ2n) is 17.2. The second-order valence-corrected chi connectivity index (χ2v) is 17.2. The second kappa shape index (κ2) is 13.4. The topological polar surface area (TPSA) is 6.48 Å². The molecule has 0 N–H and O–H groups in total. The Morgan fingerprint density at radius 2 is 1.05 bits per heavy atom. The van der Waals surface area contributed by atoms with Gasteiger partial charge in [0, 0.05) is 28.7 Å². The van der Waals surface area contributed by atoms with Crippen LogP contribution in [-0.2, 0) is 11.8 Å². The Labute approximate surface area is 352 Å². The third-order valence-corrected chi connectivity index (χ3v) is 13.5. The smallest absolute Gasteiger partial charge is 0.0547 e. The van der Waals surface area contributed by atoms with E-state index in [9.17, 15) is 0 Å². The Bertz CT molecular complexity index is 3240. The number of benzene rings is 9. The molecule has 0 saturated heterocycles. The standard InChI is InChI=1S/C58H44N2/c1-58(2)52-34-38(26-31-47(52)48-32-30-43(36-53(48)58)59-33-13-17-39-14-3-10-22-54(39)59)25-27-42-35-50-46-20-8-9-21-49(46)57(37-51(50)45-19-7-6-18-44(42)45)60-55-23-11-4-15-40(55)28-29-41-16-5-12-24-56(41)60/h3-12,14-16,18-32,34-37H,13,17,33H2,1-2H3/b27-25+. The van der Waals surface area contributed by atoms with Gasteiger partial charge in [0.1, 0.15) is 0 Å². The zero-order chi connectivity index (χ0) is 40.0. The lowest BCUT2D eigenvalue weighted by Crippen LogP contribution is -2.25. The van der Waals surface area contributed by atoms with Crippen molar-refractivity contribution in [3.8, 4) is 11.1 Å². The fraction of sp³-hybridized carbons (Fsp3) is 0.103. The minimum absolute atomic E-state index is 0.115. The maximum Gasteiger partial charge on any atom is 0.0547 e. The molecular formula is C58H44N2. The van der Waals surface area contributed by atoms with E-state index >= 15 is 0 Å². The number of hydrogen-bond donors (Lipinski definition) is 0. The zero-order valence-electron chi connectivity index (χ0n) is 34.0. The van der Waals surface area contributed by atoms with Gasteiger partial charge < -0.3 is 9.80 Å². The van der Waals surface area contributed by atoms with Crippen LogP contribution in [-0.4, -0.2) is 6.54 Å². The molecule has 0 spiro atoms. The van der Waals surface area contributed by atoms with E-state index < -0.39 is 0 Å². The number of fused-ring (bicyclic) bond motifs is 11. The highest BCUT2D eigenvalue weighted by atomic mass is 15.2. The third-order valence-electron chi connectivity index (χ3n) is 13.5. The van der Waals surface area contributed by atoms with Gasteiger partial charge in [-0.15, -0.1) is 0 Å². The first kappa shape index (κ1) is 34.8. The molecule has 12 rings (SSSR count). The predicted molar refractivity (Wildman–Crippen MR) is 257 cm³/mol. The van der Waals surface area contributed by atoms with Crippen molar-refractivity contribution in [3.63, 3.8) is 0 Å². The first-order valence-electron chi connectivity index (χ1n) is 21.4. The van der Waals surface area contributed by atoms with Gasteiger partial charge in [0.15, 0.2) is 0 Å². The largest absolute Gasteiger partial charge is 0.341 e. The van der Waals surface area contributed by atoms with E-state index in [-0.39, 0.29) is 5.41 Å². The van der Waals surface area contributed by atoms with E-state index in [1.54, 1.807) is 0 Å². The first-order chi connectivity index (χ1) is 29.5. The molecule has 0 amide bonds. The van der Waals surface area contributed by atoms with E-state index in [0.29, 0.717) is 0 Å². The molecule has 60 heavy (non-hydrogen) atoms. The molecule has 0 radical (unpaired) electrons. The highest BCUT2D eigenvalue weighted by Crippen LogP contribution is 2.51. The van der Waals surface area contributed by atoms with E-state index in [2.05, 4.69) is 218 Å². The lowest BCUT2D eigenvalue weighted by Gasteiger charge is -2.32. The average molecular weight is 769 g/mol. The summed E-state index contributed by atoms with van der Waals surface area (Å²) in [5, 5.41) is 7.51. The SMILES string of the molecule is CC1(C)c2cc(/C=C/c3cc4c5ccccc5c(N5c6ccccc6C=Cc6ccccc65)cc4c4ccccc34)ccc2-c2ccc(N3CCCc4ccccc43)cc21. The summed E-state index contributed by atoms with van der Waals surface area (Å²) in [4.78, 5) is 4.99. The van der Waals surface area contributed by atoms with Crippen molar-refractivity contribution in [2.75, 3.05) is 16.3 Å². The molecule has 9 aromatic carbocycles. The Kier molecular flexibility index (Phi) is 7.81. The molecule has 2 heteroatoms. The van der Waals surface area contributed by atoms with Crippen molar-refractivity contribution in [1.82, 2.24) is 0 Å². The predicted octanol–water partition coefficient (Wildman–Crippen LogP) is 15.7. The number of rotatable bonds is 4. The van der Waals surface area contributed by atoms with Gasteiger partial charge in [-0.1, -0.05) is 166 Å². The molecule has 2 heterocycles. The Balaban J connectivity index is 0.958. The van der Waals surface area contributed by atoms with Crippen molar-refractivity contribution < 1.29 is 0 Å². The molecule has 2 nitrogen and oxygen atoms in total. The summed E-state index contributed by atoms with van der Waals surface area (Å²) in [5.41, 5.74) is 17.9. The molecule has 2 aliphatic heterocycles. The van der Waals surface area contributed by atoms with Gasteiger partial charge >= 0.3 is 0 Å². The fourth-order valence-electron chi connectivity index (χ4n) is 10.5. The van der Waals surface area contributed by atoms with Crippen molar-refractivity contribution in [1.29, 1.82) is 0 Å². The summed E-state index contributed by atoms with van der Waals surface area (Å²) < 4.78 is 0. The average Bonchev–Trinajstić information content (AvgIpc) is 3.40. The Morgan fingerprint density at radius 1 is 0.467 bits per heavy atom. The van der Waals surface area contributed by atoms with Crippen LogP contribution in [0.2, 0.25) is 0 Å². The first-order valence-corrected chi connectivity index (χ1v) is 21.4. The third kappa shape index (κ3) is 5.34. The molecule has 286 valence electrons. The number of aryl methyl sites for hydroxylation is 1. The lowest BCUT2D eigenvalue weighted by atomic mass is 9.81. The summed E-state index contributed by atoms with van der Waals surface area (Å²) in [6, 6.07) is 63.4. The zero-order valence-corrected chi connectivity index (χ0v) is 34.0. The van der Waals surface area contributed by atoms with Crippen molar-refractivity contribution in [2.45, 2.75) is 32.1 Å². The van der Waals surface area contributed by atoms with Crippen LogP contribution >= 0.6 is 0 Å². The lowest BCUT2D eigenvalue weighted by molar-refractivity contribution is 0.659. The van der Waals surface area contributed by atoms with Crippen LogP contribution in [0, 0.1) is 0 Å². The van der Waals surface area contributed by atoms with Gasteiger partial charge in [0.05, 0.1) is 17.1 Å². The molecule has 0 saturated carbocycles. The van der Waals surface area contributed by atoms with Crippen LogP contribution in [0.3, 0.4) is 0 Å². The molecule has 0 unspecified atom stereocenters. The van der Waals surface area contributed by atoms with E-state index in [0.717, 1.165) is 13.0 Å². The van der Waals surface area contributed by atoms with Crippen LogP contribution < -0.4 is 9.80 Å². The van der Waals surface area contributed by atoms with Crippen LogP contribution in [0.15, 0.2) is 170 Å². The van der Waals surface area contributed by atoms with Gasteiger partial charge in [-0.05, 0) is 132 Å². The van der Waals surface area contributed by atoms with Crippen LogP contribution in [0.4, 0.5) is 28.4 Å². The molecule has 0 fully saturated rings. The van der Waals surface area contributed by atoms with Gasteiger partial charge in [0.2, 0.25) is 0 Å². The van der Waals surface area contributed by atoms with Gasteiger partial charge in [-0.25, -0.2) is 0 Å². The minimum atomic E-state index is -0.115. The van der Waals surface area contributed by atoms with Crippen LogP contribution in [0.25, 0.3) is 67.7 Å². The van der Waals surface area contributed by atoms with Gasteiger partial charge in [-0.2, -0.15) is 0 Å². The van der Waals surface area contributed by atoms with Crippen molar-refractivity contribution in [3.05, 3.63) is 209 Å². The Hall–Kier alpha value is -7.16. The molecule has 0 aromatic heterocycles. The highest BCUT2D eigenvalue weighted by molar-refractivity contribution is 6.23. The molecular weight excluding hydrogens is 725 g/mol. The maximum absolute atomic E-state index is 2.52. The molecule has 1 aliphatic carbocycles. The number of hydrogen-bond acceptors (Lipinski definition) is 2. The number of nitrogens with zero attached hydrogens (tertiary/aromatic N) is 2. The summed E-state index contributed by atoms with van der Waals surface area (Å²) in [7, 11) is 0. The van der Waals surface area contributed by atoms with E-state index in [1.807, 2.05) is 0 Å². The van der Waals surface area contributed by atoms with Crippen molar-refractivity contribution in [2.24, 2.45) is 0 Å². The maximum atomic E-state index is 2.52. The summed E-state index contributed by atoms with van der Waals surface area (Å²) in [5.74, 6) is 0. The monoisotopic (exact) mass is 768 g/mol. The molecule has 0 bridgehead atoms. The quantitative estimate of drug-likeness (QED) is 0.130. The van der Waals surface area contributed by atoms with Crippen LogP contribution in [0.5, 0.6) is 0 Å². The van der Waals surface area contributed by atoms with E-state index in [1.165, 1.54) is 117 Å². The summed E-state index contributed by atoms with van der Waals surface area (Å²) in [6.45, 7) is 5.85. The van der Waals surface area contributed by atoms with Crippen LogP contribution in [0.1, 0.15) is 59.2 Å². The normalized spacial score (nSPS) is 14.9. The van der Waals surface area contributed by atoms with Crippen molar-refractivity contribution >= 4 is 85.1 Å². The molecule has 3 aliphatic rings.